The number of rotatable bonds is 5. The molecule has 0 radical (unpaired) electrons. The molecule has 10 heteroatoms. The maximum Gasteiger partial charge on any atom is 0.304 e. The first kappa shape index (κ1) is 20.4. The Morgan fingerprint density at radius 1 is 1.26 bits per heavy atom. The maximum absolute atomic E-state index is 13.8. The molecule has 0 atom stereocenters. The van der Waals surface area contributed by atoms with Gasteiger partial charge in [-0.1, -0.05) is 30.3 Å². The van der Waals surface area contributed by atoms with Crippen molar-refractivity contribution in [1.82, 2.24) is 9.55 Å². The van der Waals surface area contributed by atoms with E-state index in [2.05, 4.69) is 10.3 Å². The number of nitro groups is 1. The minimum atomic E-state index is -1.05. The maximum atomic E-state index is 13.8. The van der Waals surface area contributed by atoms with Crippen LogP contribution in [-0.4, -0.2) is 20.4 Å². The number of hydrogen-bond acceptors (Lipinski definition) is 6. The lowest BCUT2D eigenvalue weighted by Gasteiger charge is -2.06. The lowest BCUT2D eigenvalue weighted by molar-refractivity contribution is -0.387. The summed E-state index contributed by atoms with van der Waals surface area (Å²) in [6.45, 7) is 2.00. The van der Waals surface area contributed by atoms with E-state index in [4.69, 9.17) is 0 Å². The molecule has 0 saturated heterocycles. The molecule has 31 heavy (non-hydrogen) atoms. The highest BCUT2D eigenvalue weighted by Crippen LogP contribution is 2.28. The fraction of sp³-hybridized carbons (Fsp3) is 0.0952. The van der Waals surface area contributed by atoms with Crippen LogP contribution in [-0.2, 0) is 6.54 Å². The van der Waals surface area contributed by atoms with E-state index in [9.17, 15) is 24.1 Å². The molecule has 0 unspecified atom stereocenters. The third kappa shape index (κ3) is 3.92. The Bertz CT molecular complexity index is 1380. The standard InChI is InChI=1S/C21H15FN4O4S/c1-12-17-20(23-11-25(21(17)28)10-13-5-3-2-4-6-13)31-18(12)19(27)24-14-7-8-16(26(29)30)15(22)9-14/h2-9,11H,10H2,1H3,(H,24,27). The molecule has 0 aliphatic rings. The normalized spacial score (nSPS) is 10.9. The number of fused-ring (bicyclic) bond motifs is 1. The Labute approximate surface area is 178 Å². The van der Waals surface area contributed by atoms with Gasteiger partial charge in [-0.15, -0.1) is 11.3 Å². The van der Waals surface area contributed by atoms with Crippen LogP contribution in [0.25, 0.3) is 10.2 Å². The van der Waals surface area contributed by atoms with Crippen molar-refractivity contribution >= 4 is 38.8 Å². The largest absolute Gasteiger partial charge is 0.321 e. The summed E-state index contributed by atoms with van der Waals surface area (Å²) in [5.41, 5.74) is 0.540. The van der Waals surface area contributed by atoms with Crippen LogP contribution in [0.3, 0.4) is 0 Å². The molecular weight excluding hydrogens is 423 g/mol. The number of anilines is 1. The molecule has 4 aromatic rings. The van der Waals surface area contributed by atoms with E-state index in [0.717, 1.165) is 29.0 Å². The molecule has 4 rings (SSSR count). The van der Waals surface area contributed by atoms with Crippen LogP contribution in [0.5, 0.6) is 0 Å². The second-order valence-corrected chi connectivity index (χ2v) is 7.78. The van der Waals surface area contributed by atoms with Gasteiger partial charge < -0.3 is 5.32 Å². The Kier molecular flexibility index (Phi) is 5.30. The molecule has 0 spiro atoms. The third-order valence-electron chi connectivity index (χ3n) is 4.72. The van der Waals surface area contributed by atoms with Crippen molar-refractivity contribution < 1.29 is 14.1 Å². The summed E-state index contributed by atoms with van der Waals surface area (Å²) in [5, 5.41) is 13.6. The van der Waals surface area contributed by atoms with E-state index in [-0.39, 0.29) is 16.1 Å². The van der Waals surface area contributed by atoms with Crippen LogP contribution < -0.4 is 10.9 Å². The summed E-state index contributed by atoms with van der Waals surface area (Å²) in [6.07, 6.45) is 1.45. The van der Waals surface area contributed by atoms with Crippen LogP contribution in [0.2, 0.25) is 0 Å². The monoisotopic (exact) mass is 438 g/mol. The molecule has 1 amide bonds. The molecule has 0 aliphatic carbocycles. The topological polar surface area (TPSA) is 107 Å². The number of aryl methyl sites for hydroxylation is 1. The zero-order valence-electron chi connectivity index (χ0n) is 16.2. The van der Waals surface area contributed by atoms with Gasteiger partial charge in [0.25, 0.3) is 11.5 Å². The van der Waals surface area contributed by atoms with E-state index in [1.165, 1.54) is 17.0 Å². The fourth-order valence-corrected chi connectivity index (χ4v) is 4.22. The summed E-state index contributed by atoms with van der Waals surface area (Å²) in [6, 6.07) is 12.6. The van der Waals surface area contributed by atoms with Crippen LogP contribution in [0.4, 0.5) is 15.8 Å². The summed E-state index contributed by atoms with van der Waals surface area (Å²) in [5.74, 6) is -1.61. The van der Waals surface area contributed by atoms with Crippen molar-refractivity contribution in [3.63, 3.8) is 0 Å². The first-order chi connectivity index (χ1) is 14.8. The molecule has 1 N–H and O–H groups in total. The summed E-state index contributed by atoms with van der Waals surface area (Å²) in [7, 11) is 0. The van der Waals surface area contributed by atoms with Gasteiger partial charge in [-0.2, -0.15) is 4.39 Å². The number of benzene rings is 2. The van der Waals surface area contributed by atoms with Crippen molar-refractivity contribution in [2.24, 2.45) is 0 Å². The molecule has 0 bridgehead atoms. The number of nitrogens with one attached hydrogen (secondary N) is 1. The number of nitrogens with zero attached hydrogens (tertiary/aromatic N) is 3. The van der Waals surface area contributed by atoms with Crippen molar-refractivity contribution in [2.45, 2.75) is 13.5 Å². The Morgan fingerprint density at radius 3 is 2.68 bits per heavy atom. The third-order valence-corrected chi connectivity index (χ3v) is 5.92. The van der Waals surface area contributed by atoms with Crippen molar-refractivity contribution in [3.05, 3.63) is 97.1 Å². The molecule has 2 aromatic heterocycles. The highest BCUT2D eigenvalue weighted by Gasteiger charge is 2.21. The Morgan fingerprint density at radius 2 is 2.00 bits per heavy atom. The number of aromatic nitrogens is 2. The highest BCUT2D eigenvalue weighted by atomic mass is 32.1. The molecule has 0 saturated carbocycles. The van der Waals surface area contributed by atoms with Gasteiger partial charge in [-0.05, 0) is 24.1 Å². The molecule has 156 valence electrons. The average molecular weight is 438 g/mol. The van der Waals surface area contributed by atoms with Crippen LogP contribution in [0.15, 0.2) is 59.7 Å². The van der Waals surface area contributed by atoms with E-state index in [0.29, 0.717) is 22.3 Å². The molecular formula is C21H15FN4O4S. The number of nitro benzene ring substituents is 1. The molecule has 8 nitrogen and oxygen atoms in total. The van der Waals surface area contributed by atoms with Crippen molar-refractivity contribution in [1.29, 1.82) is 0 Å². The predicted octanol–water partition coefficient (Wildman–Crippen LogP) is 4.11. The first-order valence-electron chi connectivity index (χ1n) is 9.13. The second-order valence-electron chi connectivity index (χ2n) is 6.78. The minimum absolute atomic E-state index is 0.0689. The van der Waals surface area contributed by atoms with E-state index < -0.39 is 22.3 Å². The second kappa shape index (κ2) is 8.07. The van der Waals surface area contributed by atoms with Crippen LogP contribution in [0, 0.1) is 22.9 Å². The number of carbonyl (C=O) groups excluding carboxylic acids is 1. The van der Waals surface area contributed by atoms with Crippen molar-refractivity contribution in [3.8, 4) is 0 Å². The van der Waals surface area contributed by atoms with Gasteiger partial charge in [0.15, 0.2) is 0 Å². The van der Waals surface area contributed by atoms with Crippen LogP contribution >= 0.6 is 11.3 Å². The lowest BCUT2D eigenvalue weighted by Crippen LogP contribution is -2.21. The number of halogens is 1. The first-order valence-corrected chi connectivity index (χ1v) is 9.94. The molecule has 0 aliphatic heterocycles. The molecule has 2 aromatic carbocycles. The van der Waals surface area contributed by atoms with E-state index in [1.54, 1.807) is 6.92 Å². The minimum Gasteiger partial charge on any atom is -0.321 e. The highest BCUT2D eigenvalue weighted by molar-refractivity contribution is 7.20. The Balaban J connectivity index is 1.65. The summed E-state index contributed by atoms with van der Waals surface area (Å²) < 4.78 is 15.3. The van der Waals surface area contributed by atoms with Gasteiger partial charge >= 0.3 is 5.69 Å². The van der Waals surface area contributed by atoms with Gasteiger partial charge in [0.1, 0.15) is 4.83 Å². The van der Waals surface area contributed by atoms with Crippen LogP contribution in [0.1, 0.15) is 20.8 Å². The zero-order valence-corrected chi connectivity index (χ0v) is 17.0. The number of thiophene rings is 1. The van der Waals surface area contributed by atoms with Gasteiger partial charge in [0.05, 0.1) is 28.1 Å². The smallest absolute Gasteiger partial charge is 0.304 e. The summed E-state index contributed by atoms with van der Waals surface area (Å²) >= 11 is 1.05. The molecule has 0 fully saturated rings. The lowest BCUT2D eigenvalue weighted by atomic mass is 10.2. The predicted molar refractivity (Wildman–Crippen MR) is 115 cm³/mol. The fourth-order valence-electron chi connectivity index (χ4n) is 3.19. The van der Waals surface area contributed by atoms with Gasteiger partial charge in [-0.25, -0.2) is 4.98 Å². The molecule has 2 heterocycles. The zero-order chi connectivity index (χ0) is 22.1. The van der Waals surface area contributed by atoms with Gasteiger partial charge in [-0.3, -0.25) is 24.3 Å². The quantitative estimate of drug-likeness (QED) is 0.373. The SMILES string of the molecule is Cc1c(C(=O)Nc2ccc([N+](=O)[O-])c(F)c2)sc2ncn(Cc3ccccc3)c(=O)c12. The summed E-state index contributed by atoms with van der Waals surface area (Å²) in [4.78, 5) is 40.6. The number of carbonyl (C=O) groups is 1. The van der Waals surface area contributed by atoms with E-state index in [1.807, 2.05) is 30.3 Å². The van der Waals surface area contributed by atoms with Crippen molar-refractivity contribution in [2.75, 3.05) is 5.32 Å². The number of amides is 1. The van der Waals surface area contributed by atoms with E-state index >= 15 is 0 Å². The average Bonchev–Trinajstić information content (AvgIpc) is 3.08. The van der Waals surface area contributed by atoms with Gasteiger partial charge in [0, 0.05) is 17.8 Å². The van der Waals surface area contributed by atoms with Gasteiger partial charge in [0.2, 0.25) is 5.82 Å². The number of hydrogen-bond donors (Lipinski definition) is 1. The Hall–Kier alpha value is -3.92.